The van der Waals surface area contributed by atoms with Gasteiger partial charge >= 0.3 is 5.97 Å². The normalized spacial score (nSPS) is 10.7. The third-order valence-corrected chi connectivity index (χ3v) is 4.81. The Hall–Kier alpha value is -3.45. The standard InChI is InChI=1S/C22H16BrN3O3/c1-13-6-7-19(18-5-3-2-4-17(13)18)29-20-8-9-24-22(26-20)25-16-11-14(21(27)28)10-15(23)12-16/h2-12H,1H3,(H,27,28)(H,24,25,26). The van der Waals surface area contributed by atoms with Gasteiger partial charge in [0, 0.05) is 27.8 Å². The maximum absolute atomic E-state index is 11.2. The lowest BCUT2D eigenvalue weighted by Crippen LogP contribution is -2.01. The topological polar surface area (TPSA) is 84.3 Å². The van der Waals surface area contributed by atoms with Crippen molar-refractivity contribution in [2.24, 2.45) is 0 Å². The number of hydrogen-bond acceptors (Lipinski definition) is 5. The molecule has 0 bridgehead atoms. The second-order valence-electron chi connectivity index (χ2n) is 6.41. The van der Waals surface area contributed by atoms with E-state index in [0.29, 0.717) is 27.7 Å². The number of aromatic carboxylic acids is 1. The molecule has 0 atom stereocenters. The average molecular weight is 450 g/mol. The number of fused-ring (bicyclic) bond motifs is 1. The zero-order chi connectivity index (χ0) is 20.4. The highest BCUT2D eigenvalue weighted by atomic mass is 79.9. The lowest BCUT2D eigenvalue weighted by Gasteiger charge is -2.11. The van der Waals surface area contributed by atoms with E-state index in [1.54, 1.807) is 18.3 Å². The number of rotatable bonds is 5. The van der Waals surface area contributed by atoms with E-state index in [9.17, 15) is 9.90 Å². The third kappa shape index (κ3) is 4.20. The SMILES string of the molecule is Cc1ccc(Oc2ccnc(Nc3cc(Br)cc(C(=O)O)c3)n2)c2ccccc12. The number of nitrogens with one attached hydrogen (secondary N) is 1. The summed E-state index contributed by atoms with van der Waals surface area (Å²) in [6.45, 7) is 2.06. The van der Waals surface area contributed by atoms with E-state index in [2.05, 4.69) is 44.2 Å². The molecule has 0 aliphatic rings. The summed E-state index contributed by atoms with van der Waals surface area (Å²) >= 11 is 3.31. The summed E-state index contributed by atoms with van der Waals surface area (Å²) in [5.74, 6) is 0.364. The van der Waals surface area contributed by atoms with Crippen molar-refractivity contribution in [1.29, 1.82) is 0 Å². The van der Waals surface area contributed by atoms with Crippen molar-refractivity contribution in [2.75, 3.05) is 5.32 Å². The van der Waals surface area contributed by atoms with E-state index >= 15 is 0 Å². The fourth-order valence-corrected chi connectivity index (χ4v) is 3.49. The average Bonchev–Trinajstić information content (AvgIpc) is 2.70. The minimum Gasteiger partial charge on any atom is -0.478 e. The molecule has 0 spiro atoms. The van der Waals surface area contributed by atoms with Gasteiger partial charge in [0.05, 0.1) is 5.56 Å². The maximum atomic E-state index is 11.2. The smallest absolute Gasteiger partial charge is 0.335 e. The first-order valence-corrected chi connectivity index (χ1v) is 9.59. The fourth-order valence-electron chi connectivity index (χ4n) is 3.00. The Morgan fingerprint density at radius 3 is 2.66 bits per heavy atom. The zero-order valence-corrected chi connectivity index (χ0v) is 17.0. The van der Waals surface area contributed by atoms with Crippen LogP contribution in [0.3, 0.4) is 0 Å². The Morgan fingerprint density at radius 1 is 1.07 bits per heavy atom. The summed E-state index contributed by atoms with van der Waals surface area (Å²) in [6, 6.07) is 18.4. The highest BCUT2D eigenvalue weighted by molar-refractivity contribution is 9.10. The molecule has 0 radical (unpaired) electrons. The molecule has 0 fully saturated rings. The Balaban J connectivity index is 1.62. The van der Waals surface area contributed by atoms with Crippen molar-refractivity contribution in [3.8, 4) is 11.6 Å². The van der Waals surface area contributed by atoms with E-state index in [1.165, 1.54) is 17.7 Å². The Kier molecular flexibility index (Phi) is 5.14. The second kappa shape index (κ2) is 7.89. The van der Waals surface area contributed by atoms with Crippen LogP contribution in [0.4, 0.5) is 11.6 Å². The molecule has 0 aliphatic carbocycles. The quantitative estimate of drug-likeness (QED) is 0.392. The van der Waals surface area contributed by atoms with Gasteiger partial charge in [0.25, 0.3) is 0 Å². The van der Waals surface area contributed by atoms with Crippen LogP contribution in [-0.2, 0) is 0 Å². The molecule has 2 N–H and O–H groups in total. The number of anilines is 2. The van der Waals surface area contributed by atoms with E-state index < -0.39 is 5.97 Å². The predicted octanol–water partition coefficient (Wildman–Crippen LogP) is 5.93. The molecule has 1 aromatic heterocycles. The van der Waals surface area contributed by atoms with Gasteiger partial charge in [-0.2, -0.15) is 4.98 Å². The summed E-state index contributed by atoms with van der Waals surface area (Å²) < 4.78 is 6.65. The maximum Gasteiger partial charge on any atom is 0.335 e. The van der Waals surface area contributed by atoms with Gasteiger partial charge in [0.2, 0.25) is 11.8 Å². The second-order valence-corrected chi connectivity index (χ2v) is 7.32. The van der Waals surface area contributed by atoms with Gasteiger partial charge in [-0.15, -0.1) is 0 Å². The van der Waals surface area contributed by atoms with Crippen LogP contribution in [0.1, 0.15) is 15.9 Å². The molecule has 29 heavy (non-hydrogen) atoms. The summed E-state index contributed by atoms with van der Waals surface area (Å²) in [6.07, 6.45) is 1.58. The monoisotopic (exact) mass is 449 g/mol. The van der Waals surface area contributed by atoms with Crippen LogP contribution in [0.2, 0.25) is 0 Å². The summed E-state index contributed by atoms with van der Waals surface area (Å²) in [4.78, 5) is 19.8. The van der Waals surface area contributed by atoms with E-state index in [4.69, 9.17) is 4.74 Å². The predicted molar refractivity (Wildman–Crippen MR) is 115 cm³/mol. The van der Waals surface area contributed by atoms with Crippen LogP contribution < -0.4 is 10.1 Å². The Labute approximate surface area is 175 Å². The summed E-state index contributed by atoms with van der Waals surface area (Å²) in [7, 11) is 0. The Bertz CT molecular complexity index is 1230. The molecular weight excluding hydrogens is 434 g/mol. The van der Waals surface area contributed by atoms with Gasteiger partial charge in [-0.1, -0.05) is 46.3 Å². The molecule has 1 heterocycles. The first-order valence-electron chi connectivity index (χ1n) is 8.80. The molecule has 0 unspecified atom stereocenters. The number of benzene rings is 3. The van der Waals surface area contributed by atoms with Crippen molar-refractivity contribution < 1.29 is 14.6 Å². The van der Waals surface area contributed by atoms with Gasteiger partial charge in [0.1, 0.15) is 5.75 Å². The largest absolute Gasteiger partial charge is 0.478 e. The number of carboxylic acid groups (broad SMARTS) is 1. The first-order chi connectivity index (χ1) is 14.0. The van der Waals surface area contributed by atoms with E-state index in [1.807, 2.05) is 30.3 Å². The van der Waals surface area contributed by atoms with Crippen LogP contribution in [0, 0.1) is 6.92 Å². The summed E-state index contributed by atoms with van der Waals surface area (Å²) in [5.41, 5.74) is 1.87. The highest BCUT2D eigenvalue weighted by Crippen LogP contribution is 2.31. The summed E-state index contributed by atoms with van der Waals surface area (Å²) in [5, 5.41) is 14.3. The van der Waals surface area contributed by atoms with E-state index in [-0.39, 0.29) is 5.56 Å². The molecule has 0 amide bonds. The molecule has 6 nitrogen and oxygen atoms in total. The minimum absolute atomic E-state index is 0.153. The molecular formula is C22H16BrN3O3. The van der Waals surface area contributed by atoms with Crippen LogP contribution in [0.15, 0.2) is 71.3 Å². The van der Waals surface area contributed by atoms with Crippen molar-refractivity contribution >= 4 is 44.3 Å². The number of carbonyl (C=O) groups is 1. The molecule has 144 valence electrons. The van der Waals surface area contributed by atoms with Crippen LogP contribution >= 0.6 is 15.9 Å². The first kappa shape index (κ1) is 18.9. The van der Waals surface area contributed by atoms with Crippen molar-refractivity contribution in [2.45, 2.75) is 6.92 Å². The van der Waals surface area contributed by atoms with Gasteiger partial charge in [0.15, 0.2) is 0 Å². The number of aromatic nitrogens is 2. The third-order valence-electron chi connectivity index (χ3n) is 4.35. The number of carboxylic acids is 1. The fraction of sp³-hybridized carbons (Fsp3) is 0.0455. The molecule has 0 saturated heterocycles. The number of ether oxygens (including phenoxy) is 1. The highest BCUT2D eigenvalue weighted by Gasteiger charge is 2.10. The molecule has 0 aliphatic heterocycles. The van der Waals surface area contributed by atoms with Crippen molar-refractivity contribution in [3.05, 3.63) is 82.5 Å². The molecule has 0 saturated carbocycles. The number of aryl methyl sites for hydroxylation is 1. The molecule has 4 rings (SSSR count). The Morgan fingerprint density at radius 2 is 1.86 bits per heavy atom. The molecule has 3 aromatic carbocycles. The minimum atomic E-state index is -1.02. The molecule has 7 heteroatoms. The van der Waals surface area contributed by atoms with Crippen LogP contribution in [0.5, 0.6) is 11.6 Å². The van der Waals surface area contributed by atoms with Crippen molar-refractivity contribution in [3.63, 3.8) is 0 Å². The lowest BCUT2D eigenvalue weighted by atomic mass is 10.1. The molecule has 4 aromatic rings. The lowest BCUT2D eigenvalue weighted by molar-refractivity contribution is 0.0697. The number of halogens is 1. The van der Waals surface area contributed by atoms with Gasteiger partial charge in [-0.25, -0.2) is 9.78 Å². The van der Waals surface area contributed by atoms with Gasteiger partial charge in [-0.3, -0.25) is 0 Å². The van der Waals surface area contributed by atoms with Crippen molar-refractivity contribution in [1.82, 2.24) is 9.97 Å². The van der Waals surface area contributed by atoms with Crippen LogP contribution in [-0.4, -0.2) is 21.0 Å². The van der Waals surface area contributed by atoms with Crippen LogP contribution in [0.25, 0.3) is 10.8 Å². The van der Waals surface area contributed by atoms with Gasteiger partial charge in [-0.05, 0) is 42.1 Å². The zero-order valence-electron chi connectivity index (χ0n) is 15.4. The van der Waals surface area contributed by atoms with E-state index in [0.717, 1.165) is 10.8 Å². The van der Waals surface area contributed by atoms with Gasteiger partial charge < -0.3 is 15.2 Å². The number of hydrogen-bond donors (Lipinski definition) is 2. The number of nitrogens with zero attached hydrogens (tertiary/aromatic N) is 2.